The lowest BCUT2D eigenvalue weighted by molar-refractivity contribution is -0.124. The Balaban J connectivity index is 1.71. The van der Waals surface area contributed by atoms with Crippen LogP contribution < -0.4 is 9.21 Å². The molecule has 1 N–H and O–H groups in total. The summed E-state index contributed by atoms with van der Waals surface area (Å²) in [7, 11) is -7.08. The molecule has 1 unspecified atom stereocenters. The third-order valence-electron chi connectivity index (χ3n) is 7.08. The molecule has 0 radical (unpaired) electrons. The maximum atomic E-state index is 13.9. The summed E-state index contributed by atoms with van der Waals surface area (Å²) in [5.74, 6) is 0.108. The number of hydrogen-bond acceptors (Lipinski definition) is 6. The van der Waals surface area contributed by atoms with E-state index >= 15 is 0 Å². The van der Waals surface area contributed by atoms with Crippen LogP contribution in [0.2, 0.25) is 0 Å². The number of sulfonamides is 1. The van der Waals surface area contributed by atoms with Crippen molar-refractivity contribution in [2.24, 2.45) is 11.3 Å². The lowest BCUT2D eigenvalue weighted by Gasteiger charge is -2.48. The summed E-state index contributed by atoms with van der Waals surface area (Å²) in [6.45, 7) is 9.49. The van der Waals surface area contributed by atoms with E-state index in [2.05, 4.69) is 11.8 Å². The molecule has 2 aliphatic rings. The minimum Gasteiger partial charge on any atom is -0.380 e. The molecule has 2 aliphatic heterocycles. The molecule has 0 amide bonds. The number of rotatable bonds is 8. The van der Waals surface area contributed by atoms with Gasteiger partial charge in [-0.1, -0.05) is 32.9 Å². The van der Waals surface area contributed by atoms with E-state index in [4.69, 9.17) is 9.52 Å². The van der Waals surface area contributed by atoms with Gasteiger partial charge in [0.1, 0.15) is 0 Å². The van der Waals surface area contributed by atoms with Crippen LogP contribution >= 0.6 is 0 Å². The Morgan fingerprint density at radius 2 is 1.69 bits per heavy atom. The fourth-order valence-electron chi connectivity index (χ4n) is 4.83. The van der Waals surface area contributed by atoms with Crippen molar-refractivity contribution in [3.8, 4) is 0 Å². The number of nitrogens with one attached hydrogen (secondary N) is 1. The van der Waals surface area contributed by atoms with Gasteiger partial charge in [0, 0.05) is 31.3 Å². The van der Waals surface area contributed by atoms with Crippen molar-refractivity contribution < 1.29 is 17.4 Å². The van der Waals surface area contributed by atoms with Crippen molar-refractivity contribution >= 4 is 31.1 Å². The molecule has 0 bridgehead atoms. The molecule has 2 saturated heterocycles. The minimum absolute atomic E-state index is 0.0687. The summed E-state index contributed by atoms with van der Waals surface area (Å²) in [5.41, 5.74) is 2.69. The molecule has 0 aliphatic carbocycles. The van der Waals surface area contributed by atoms with Crippen LogP contribution in [0.3, 0.4) is 0 Å². The van der Waals surface area contributed by atoms with Crippen LogP contribution in [0.4, 0.5) is 11.4 Å². The topological polar surface area (TPSA) is 90.8 Å². The van der Waals surface area contributed by atoms with Crippen molar-refractivity contribution in [1.29, 1.82) is 4.78 Å². The summed E-state index contributed by atoms with van der Waals surface area (Å²) in [6.07, 6.45) is 4.19. The molecule has 0 saturated carbocycles. The highest BCUT2D eigenvalue weighted by Crippen LogP contribution is 2.41. The van der Waals surface area contributed by atoms with Gasteiger partial charge in [0.2, 0.25) is 0 Å². The van der Waals surface area contributed by atoms with E-state index in [1.165, 1.54) is 16.6 Å². The molecule has 2 fully saturated rings. The fraction of sp³-hybridized carbons (Fsp3) is 0.538. The summed E-state index contributed by atoms with van der Waals surface area (Å²) in [5, 5.41) is 0. The van der Waals surface area contributed by atoms with Crippen LogP contribution in [0, 0.1) is 16.1 Å². The van der Waals surface area contributed by atoms with Crippen LogP contribution in [0.25, 0.3) is 0 Å². The molecule has 4 rings (SSSR count). The van der Waals surface area contributed by atoms with Gasteiger partial charge in [-0.3, -0.25) is 4.31 Å². The molecule has 2 aromatic carbocycles. The standard InChI is InChI=1S/C26H37N3O4S2/c1-5-21-6-8-22(9-7-21)29(17-20(2)3)35(31,32)23-10-11-24(25(16-23)34(4,27)30)28-14-12-26(13-15-28)18-33-19-26/h6-11,16,20,27H,5,12-15,17-19H2,1-4H3. The second kappa shape index (κ2) is 9.75. The van der Waals surface area contributed by atoms with E-state index in [0.29, 0.717) is 17.9 Å². The number of nitrogens with zero attached hydrogens (tertiary/aromatic N) is 2. The van der Waals surface area contributed by atoms with Crippen LogP contribution in [0.15, 0.2) is 52.3 Å². The van der Waals surface area contributed by atoms with Crippen molar-refractivity contribution in [1.82, 2.24) is 0 Å². The molecular weight excluding hydrogens is 482 g/mol. The maximum absolute atomic E-state index is 13.9. The van der Waals surface area contributed by atoms with Gasteiger partial charge in [-0.2, -0.15) is 0 Å². The lowest BCUT2D eigenvalue weighted by Crippen LogP contribution is -2.51. The Morgan fingerprint density at radius 3 is 2.17 bits per heavy atom. The van der Waals surface area contributed by atoms with E-state index in [1.54, 1.807) is 12.1 Å². The molecule has 2 heterocycles. The number of ether oxygens (including phenoxy) is 1. The largest absolute Gasteiger partial charge is 0.380 e. The molecule has 0 aromatic heterocycles. The quantitative estimate of drug-likeness (QED) is 0.543. The second-order valence-electron chi connectivity index (χ2n) is 10.4. The van der Waals surface area contributed by atoms with Gasteiger partial charge in [0.25, 0.3) is 10.0 Å². The second-order valence-corrected chi connectivity index (χ2v) is 14.4. The average molecular weight is 520 g/mol. The zero-order valence-electron chi connectivity index (χ0n) is 21.1. The SMILES string of the molecule is CCc1ccc(N(CC(C)C)S(=O)(=O)c2ccc(N3CCC4(CC3)COC4)c(S(C)(=N)=O)c2)cc1. The van der Waals surface area contributed by atoms with Crippen LogP contribution in [-0.4, -0.2) is 51.7 Å². The van der Waals surface area contributed by atoms with Crippen molar-refractivity contribution in [2.45, 2.75) is 49.8 Å². The van der Waals surface area contributed by atoms with Gasteiger partial charge >= 0.3 is 0 Å². The highest BCUT2D eigenvalue weighted by Gasteiger charge is 2.41. The first-order valence-electron chi connectivity index (χ1n) is 12.3. The van der Waals surface area contributed by atoms with E-state index in [0.717, 1.165) is 51.1 Å². The monoisotopic (exact) mass is 519 g/mol. The summed E-state index contributed by atoms with van der Waals surface area (Å²) in [6, 6.07) is 12.4. The zero-order chi connectivity index (χ0) is 25.4. The molecule has 2 aromatic rings. The summed E-state index contributed by atoms with van der Waals surface area (Å²) >= 11 is 0. The van der Waals surface area contributed by atoms with Gasteiger partial charge in [0.15, 0.2) is 0 Å². The van der Waals surface area contributed by atoms with Gasteiger partial charge in [-0.15, -0.1) is 0 Å². The molecule has 192 valence electrons. The van der Waals surface area contributed by atoms with Gasteiger partial charge < -0.3 is 9.64 Å². The summed E-state index contributed by atoms with van der Waals surface area (Å²) in [4.78, 5) is 2.49. The molecular formula is C26H37N3O4S2. The number of hydrogen-bond donors (Lipinski definition) is 1. The first kappa shape index (κ1) is 26.0. The Morgan fingerprint density at radius 1 is 1.06 bits per heavy atom. The number of piperidine rings is 1. The van der Waals surface area contributed by atoms with Crippen molar-refractivity contribution in [3.63, 3.8) is 0 Å². The molecule has 1 spiro atoms. The molecule has 7 nitrogen and oxygen atoms in total. The van der Waals surface area contributed by atoms with Gasteiger partial charge in [-0.25, -0.2) is 17.4 Å². The Bertz CT molecular complexity index is 1260. The van der Waals surface area contributed by atoms with E-state index in [9.17, 15) is 12.6 Å². The first-order chi connectivity index (χ1) is 16.4. The van der Waals surface area contributed by atoms with Gasteiger partial charge in [-0.05, 0) is 61.1 Å². The Hall–Kier alpha value is -2.10. The summed E-state index contributed by atoms with van der Waals surface area (Å²) < 4.78 is 56.0. The van der Waals surface area contributed by atoms with Crippen molar-refractivity contribution in [3.05, 3.63) is 48.0 Å². The Kier molecular flexibility index (Phi) is 7.23. The third-order valence-corrected chi connectivity index (χ3v) is 10.0. The Labute approximate surface area is 210 Å². The fourth-order valence-corrected chi connectivity index (χ4v) is 7.51. The smallest absolute Gasteiger partial charge is 0.264 e. The molecule has 1 atom stereocenters. The highest BCUT2D eigenvalue weighted by atomic mass is 32.2. The zero-order valence-corrected chi connectivity index (χ0v) is 22.8. The molecule has 9 heteroatoms. The predicted molar refractivity (Wildman–Crippen MR) is 141 cm³/mol. The minimum atomic E-state index is -3.92. The van der Waals surface area contributed by atoms with E-state index < -0.39 is 19.8 Å². The van der Waals surface area contributed by atoms with Crippen LogP contribution in [0.5, 0.6) is 0 Å². The van der Waals surface area contributed by atoms with E-state index in [1.807, 2.05) is 38.1 Å². The van der Waals surface area contributed by atoms with Crippen LogP contribution in [-0.2, 0) is 30.9 Å². The first-order valence-corrected chi connectivity index (χ1v) is 15.7. The normalized spacial score (nSPS) is 19.4. The number of aryl methyl sites for hydroxylation is 1. The number of benzene rings is 2. The van der Waals surface area contributed by atoms with Gasteiger partial charge in [0.05, 0.1) is 44.1 Å². The number of anilines is 2. The molecule has 35 heavy (non-hydrogen) atoms. The van der Waals surface area contributed by atoms with Crippen molar-refractivity contribution in [2.75, 3.05) is 48.3 Å². The average Bonchev–Trinajstić information content (AvgIpc) is 2.80. The lowest BCUT2D eigenvalue weighted by atomic mass is 9.77. The van der Waals surface area contributed by atoms with E-state index in [-0.39, 0.29) is 21.1 Å². The maximum Gasteiger partial charge on any atom is 0.264 e. The third kappa shape index (κ3) is 5.37. The predicted octanol–water partition coefficient (Wildman–Crippen LogP) is 4.75. The highest BCUT2D eigenvalue weighted by molar-refractivity contribution is 7.93. The van der Waals surface area contributed by atoms with Crippen LogP contribution in [0.1, 0.15) is 39.2 Å².